The first-order valence-corrected chi connectivity index (χ1v) is 17.8. The van der Waals surface area contributed by atoms with E-state index in [0.717, 1.165) is 5.69 Å². The number of hydrogen-bond donors (Lipinski definition) is 0. The molecule has 0 bridgehead atoms. The molecule has 10 rings (SSSR count). The maximum Gasteiger partial charge on any atom is 0.0555 e. The van der Waals surface area contributed by atoms with Gasteiger partial charge in [-0.25, -0.2) is 0 Å². The van der Waals surface area contributed by atoms with E-state index in [0.29, 0.717) is 0 Å². The van der Waals surface area contributed by atoms with Gasteiger partial charge in [-0.15, -0.1) is 11.3 Å². The van der Waals surface area contributed by atoms with Crippen molar-refractivity contribution in [1.29, 1.82) is 0 Å². The lowest BCUT2D eigenvalue weighted by molar-refractivity contribution is 0.660. The highest BCUT2D eigenvalue weighted by molar-refractivity contribution is 7.26. The molecule has 0 radical (unpaired) electrons. The van der Waals surface area contributed by atoms with E-state index in [1.165, 1.54) is 86.5 Å². The normalized spacial score (nSPS) is 13.3. The van der Waals surface area contributed by atoms with Gasteiger partial charge in [0.2, 0.25) is 0 Å². The van der Waals surface area contributed by atoms with Crippen molar-refractivity contribution in [2.24, 2.45) is 0 Å². The molecule has 1 aliphatic rings. The minimum absolute atomic E-state index is 0.113. The molecule has 0 N–H and O–H groups in total. The molecular formula is C47H33NS. The van der Waals surface area contributed by atoms with Gasteiger partial charge in [-0.3, -0.25) is 0 Å². The smallest absolute Gasteiger partial charge is 0.0555 e. The largest absolute Gasteiger partial charge is 0.309 e. The highest BCUT2D eigenvalue weighted by Crippen LogP contribution is 2.55. The standard InChI is InChI=1S/C47H33NS/c1-47(2)39-27-26-32(29-38(39)45-34(21-12-22-40(45)47)30-14-4-3-5-15-30)48(41-23-13-25-44-46(41)37-20-10-11-24-43(37)49-44)42-28-31-16-6-7-17-33(31)35-18-8-9-19-36(35)42/h3-29H,1-2H3. The summed E-state index contributed by atoms with van der Waals surface area (Å²) in [7, 11) is 0. The molecule has 0 saturated heterocycles. The minimum atomic E-state index is -0.113. The first-order chi connectivity index (χ1) is 24.1. The molecule has 1 nitrogen and oxygen atoms in total. The average Bonchev–Trinajstić information content (AvgIpc) is 3.64. The van der Waals surface area contributed by atoms with E-state index in [1.807, 2.05) is 11.3 Å². The summed E-state index contributed by atoms with van der Waals surface area (Å²) in [4.78, 5) is 2.53. The number of benzene rings is 8. The zero-order valence-corrected chi connectivity index (χ0v) is 28.3. The number of fused-ring (bicyclic) bond motifs is 9. The van der Waals surface area contributed by atoms with Crippen molar-refractivity contribution in [2.75, 3.05) is 4.90 Å². The summed E-state index contributed by atoms with van der Waals surface area (Å²) < 4.78 is 2.61. The molecule has 1 heterocycles. The highest BCUT2D eigenvalue weighted by Gasteiger charge is 2.37. The van der Waals surface area contributed by atoms with Crippen LogP contribution in [0.5, 0.6) is 0 Å². The van der Waals surface area contributed by atoms with Gasteiger partial charge in [0.25, 0.3) is 0 Å². The molecule has 2 heteroatoms. The van der Waals surface area contributed by atoms with Crippen LogP contribution < -0.4 is 4.90 Å². The van der Waals surface area contributed by atoms with Crippen LogP contribution in [0.4, 0.5) is 17.1 Å². The fourth-order valence-corrected chi connectivity index (χ4v) is 9.49. The second kappa shape index (κ2) is 10.7. The van der Waals surface area contributed by atoms with Crippen LogP contribution in [0.25, 0.3) is 64.0 Å². The van der Waals surface area contributed by atoms with Crippen LogP contribution in [0.1, 0.15) is 25.0 Å². The summed E-state index contributed by atoms with van der Waals surface area (Å²) >= 11 is 1.87. The molecule has 0 saturated carbocycles. The van der Waals surface area contributed by atoms with Crippen molar-refractivity contribution in [3.63, 3.8) is 0 Å². The number of thiophene rings is 1. The van der Waals surface area contributed by atoms with Crippen LogP contribution in [0.3, 0.4) is 0 Å². The Morgan fingerprint density at radius 2 is 1.16 bits per heavy atom. The third kappa shape index (κ3) is 4.17. The third-order valence-corrected chi connectivity index (χ3v) is 11.8. The van der Waals surface area contributed by atoms with Crippen molar-refractivity contribution < 1.29 is 0 Å². The average molecular weight is 644 g/mol. The van der Waals surface area contributed by atoms with Crippen LogP contribution in [-0.2, 0) is 5.41 Å². The topological polar surface area (TPSA) is 3.24 Å². The molecule has 49 heavy (non-hydrogen) atoms. The van der Waals surface area contributed by atoms with Crippen LogP contribution in [0.15, 0.2) is 164 Å². The molecule has 8 aromatic carbocycles. The predicted molar refractivity (Wildman–Crippen MR) is 212 cm³/mol. The minimum Gasteiger partial charge on any atom is -0.309 e. The number of rotatable bonds is 4. The maximum absolute atomic E-state index is 2.53. The Labute approximate surface area is 290 Å². The second-order valence-corrected chi connectivity index (χ2v) is 14.8. The van der Waals surface area contributed by atoms with Crippen LogP contribution in [0, 0.1) is 0 Å². The molecule has 0 aliphatic heterocycles. The zero-order chi connectivity index (χ0) is 32.7. The molecule has 0 amide bonds. The summed E-state index contributed by atoms with van der Waals surface area (Å²) in [5.41, 5.74) is 11.4. The molecule has 1 aliphatic carbocycles. The van der Waals surface area contributed by atoms with Gasteiger partial charge in [-0.1, -0.05) is 141 Å². The van der Waals surface area contributed by atoms with E-state index in [2.05, 4.69) is 183 Å². The van der Waals surface area contributed by atoms with Crippen LogP contribution in [0.2, 0.25) is 0 Å². The first kappa shape index (κ1) is 28.3. The Balaban J connectivity index is 1.31. The molecule has 9 aromatic rings. The van der Waals surface area contributed by atoms with Crippen molar-refractivity contribution in [3.8, 4) is 22.3 Å². The summed E-state index contributed by atoms with van der Waals surface area (Å²) in [6.45, 7) is 4.75. The van der Waals surface area contributed by atoms with Gasteiger partial charge in [-0.05, 0) is 85.9 Å². The van der Waals surface area contributed by atoms with Crippen molar-refractivity contribution in [2.45, 2.75) is 19.3 Å². The fraction of sp³-hybridized carbons (Fsp3) is 0.0638. The summed E-state index contributed by atoms with van der Waals surface area (Å²) in [6, 6.07) is 60.6. The van der Waals surface area contributed by atoms with Gasteiger partial charge < -0.3 is 4.90 Å². The van der Waals surface area contributed by atoms with Crippen LogP contribution >= 0.6 is 11.3 Å². The van der Waals surface area contributed by atoms with Gasteiger partial charge in [-0.2, -0.15) is 0 Å². The fourth-order valence-electron chi connectivity index (χ4n) is 8.36. The monoisotopic (exact) mass is 643 g/mol. The number of anilines is 3. The molecule has 0 unspecified atom stereocenters. The number of hydrogen-bond acceptors (Lipinski definition) is 2. The van der Waals surface area contributed by atoms with E-state index in [9.17, 15) is 0 Å². The van der Waals surface area contributed by atoms with E-state index < -0.39 is 0 Å². The van der Waals surface area contributed by atoms with Crippen molar-refractivity contribution >= 4 is 70.1 Å². The molecule has 0 atom stereocenters. The van der Waals surface area contributed by atoms with E-state index in [1.54, 1.807) is 0 Å². The van der Waals surface area contributed by atoms with E-state index >= 15 is 0 Å². The maximum atomic E-state index is 2.53. The van der Waals surface area contributed by atoms with Gasteiger partial charge in [0, 0.05) is 36.7 Å². The molecule has 0 spiro atoms. The molecule has 0 fully saturated rings. The van der Waals surface area contributed by atoms with Gasteiger partial charge in [0.05, 0.1) is 11.4 Å². The summed E-state index contributed by atoms with van der Waals surface area (Å²) in [5, 5.41) is 7.62. The Hall–Kier alpha value is -5.70. The second-order valence-electron chi connectivity index (χ2n) is 13.7. The Kier molecular flexibility index (Phi) is 6.16. The predicted octanol–water partition coefficient (Wildman–Crippen LogP) is 13.8. The number of nitrogens with zero attached hydrogens (tertiary/aromatic N) is 1. The molecule has 232 valence electrons. The quantitative estimate of drug-likeness (QED) is 0.173. The Morgan fingerprint density at radius 3 is 2.02 bits per heavy atom. The van der Waals surface area contributed by atoms with Crippen molar-refractivity contribution in [3.05, 3.63) is 175 Å². The first-order valence-electron chi connectivity index (χ1n) is 17.0. The molecule has 1 aromatic heterocycles. The zero-order valence-electron chi connectivity index (χ0n) is 27.4. The Morgan fingerprint density at radius 1 is 0.469 bits per heavy atom. The lowest BCUT2D eigenvalue weighted by Gasteiger charge is -2.29. The SMILES string of the molecule is CC1(C)c2ccc(N(c3cc4ccccc4c4ccccc34)c3cccc4sc5ccccc5c34)cc2-c2c(-c3ccccc3)cccc21. The third-order valence-electron chi connectivity index (χ3n) is 10.6. The van der Waals surface area contributed by atoms with E-state index in [4.69, 9.17) is 0 Å². The Bertz CT molecular complexity index is 2750. The van der Waals surface area contributed by atoms with Crippen molar-refractivity contribution in [1.82, 2.24) is 0 Å². The summed E-state index contributed by atoms with van der Waals surface area (Å²) in [5.74, 6) is 0. The summed E-state index contributed by atoms with van der Waals surface area (Å²) in [6.07, 6.45) is 0. The van der Waals surface area contributed by atoms with Gasteiger partial charge >= 0.3 is 0 Å². The van der Waals surface area contributed by atoms with E-state index in [-0.39, 0.29) is 5.41 Å². The van der Waals surface area contributed by atoms with Crippen LogP contribution in [-0.4, -0.2) is 0 Å². The highest BCUT2D eigenvalue weighted by atomic mass is 32.1. The molecular weight excluding hydrogens is 611 g/mol. The lowest BCUT2D eigenvalue weighted by atomic mass is 9.82. The van der Waals surface area contributed by atoms with Gasteiger partial charge in [0.15, 0.2) is 0 Å². The lowest BCUT2D eigenvalue weighted by Crippen LogP contribution is -2.15. The van der Waals surface area contributed by atoms with Gasteiger partial charge in [0.1, 0.15) is 0 Å².